The zero-order chi connectivity index (χ0) is 28.2. The van der Waals surface area contributed by atoms with Crippen molar-refractivity contribution in [1.82, 2.24) is 4.90 Å². The van der Waals surface area contributed by atoms with E-state index in [1.54, 1.807) is 13.2 Å². The Bertz CT molecular complexity index is 1200. The van der Waals surface area contributed by atoms with Crippen LogP contribution >= 0.6 is 0 Å². The van der Waals surface area contributed by atoms with Crippen LogP contribution in [0.4, 0.5) is 13.2 Å². The highest BCUT2D eigenvalue weighted by Gasteiger charge is 2.72. The summed E-state index contributed by atoms with van der Waals surface area (Å²) in [5.41, 5.74) is 0.0627. The fourth-order valence-electron chi connectivity index (χ4n) is 6.01. The van der Waals surface area contributed by atoms with Gasteiger partial charge in [-0.05, 0) is 44.1 Å². The number of methoxy groups -OCH3 is 1. The first-order valence-electron chi connectivity index (χ1n) is 11.6. The average molecular weight is 545 g/mol. The van der Waals surface area contributed by atoms with Crippen LogP contribution in [0, 0.1) is 0 Å². The molecule has 2 bridgehead atoms. The van der Waals surface area contributed by atoms with E-state index in [1.165, 1.54) is 0 Å². The number of aliphatic hydroxyl groups excluding tert-OH is 1. The molecule has 2 aliphatic carbocycles. The second-order valence-electron chi connectivity index (χ2n) is 9.62. The lowest BCUT2D eigenvalue weighted by molar-refractivity contribution is -0.192. The summed E-state index contributed by atoms with van der Waals surface area (Å²) in [6.07, 6.45) is -5.16. The van der Waals surface area contributed by atoms with Crippen molar-refractivity contribution in [3.63, 3.8) is 0 Å². The number of hydrogen-bond acceptors (Lipinski definition) is 9. The van der Waals surface area contributed by atoms with Gasteiger partial charge in [-0.25, -0.2) is 9.59 Å². The Balaban J connectivity index is 0.000000426. The number of carbonyl (C=O) groups excluding carboxylic acids is 1. The number of alkyl halides is 3. The van der Waals surface area contributed by atoms with Gasteiger partial charge in [0.1, 0.15) is 5.76 Å². The lowest BCUT2D eigenvalue weighted by atomic mass is 9.50. The second kappa shape index (κ2) is 9.43. The minimum atomic E-state index is -5.08. The Morgan fingerprint density at radius 3 is 2.50 bits per heavy atom. The molecule has 0 amide bonds. The van der Waals surface area contributed by atoms with Crippen molar-refractivity contribution in [2.75, 3.05) is 20.7 Å². The van der Waals surface area contributed by atoms with Crippen molar-refractivity contribution in [1.29, 1.82) is 0 Å². The molecule has 5 atom stereocenters. The Morgan fingerprint density at radius 1 is 1.26 bits per heavy atom. The molecule has 38 heavy (non-hydrogen) atoms. The van der Waals surface area contributed by atoms with Gasteiger partial charge in [0.05, 0.1) is 24.5 Å². The number of carboxylic acids is 2. The highest BCUT2D eigenvalue weighted by atomic mass is 19.4. The van der Waals surface area contributed by atoms with Crippen molar-refractivity contribution in [2.24, 2.45) is 0 Å². The number of hydrogen-bond donors (Lipinski definition) is 4. The Kier molecular flexibility index (Phi) is 6.87. The van der Waals surface area contributed by atoms with Crippen LogP contribution in [0.25, 0.3) is 0 Å². The number of esters is 1. The number of likely N-dealkylation sites (N-methyl/N-ethyl adjacent to an activating group) is 1. The molecular weight excluding hydrogens is 519 g/mol. The molecular formula is C24H26F3NO10. The SMILES string of the molecule is COc1ccc2c3c1O[C@H]1C(OC(=O)CC(O)C(=O)O)=CC[C@@]4(O)[C@@H](C2)N(C)CC[C@]314.O=C(O)C(F)(F)F. The first-order chi connectivity index (χ1) is 17.7. The zero-order valence-corrected chi connectivity index (χ0v) is 20.3. The predicted octanol–water partition coefficient (Wildman–Crippen LogP) is 0.985. The van der Waals surface area contributed by atoms with Gasteiger partial charge in [-0.3, -0.25) is 4.79 Å². The van der Waals surface area contributed by atoms with E-state index in [0.29, 0.717) is 24.3 Å². The van der Waals surface area contributed by atoms with Crippen molar-refractivity contribution in [3.8, 4) is 11.5 Å². The van der Waals surface area contributed by atoms with Crippen molar-refractivity contribution in [2.45, 2.75) is 61.1 Å². The molecule has 1 saturated heterocycles. The number of ether oxygens (including phenoxy) is 3. The fourth-order valence-corrected chi connectivity index (χ4v) is 6.01. The lowest BCUT2D eigenvalue weighted by Crippen LogP contribution is -2.74. The minimum Gasteiger partial charge on any atom is -0.493 e. The summed E-state index contributed by atoms with van der Waals surface area (Å²) in [5, 5.41) is 37.5. The molecule has 1 aromatic rings. The summed E-state index contributed by atoms with van der Waals surface area (Å²) in [7, 11) is 3.56. The maximum Gasteiger partial charge on any atom is 0.490 e. The molecule has 0 aromatic heterocycles. The molecule has 2 aliphatic heterocycles. The normalized spacial score (nSPS) is 29.5. The number of rotatable bonds is 5. The zero-order valence-electron chi connectivity index (χ0n) is 20.3. The Hall–Kier alpha value is -3.36. The number of carboxylic acid groups (broad SMARTS) is 2. The van der Waals surface area contributed by atoms with Crippen LogP contribution in [0.2, 0.25) is 0 Å². The van der Waals surface area contributed by atoms with E-state index < -0.39 is 53.7 Å². The number of benzene rings is 1. The van der Waals surface area contributed by atoms with Gasteiger partial charge in [-0.2, -0.15) is 13.2 Å². The molecule has 5 rings (SSSR count). The van der Waals surface area contributed by atoms with E-state index in [4.69, 9.17) is 29.2 Å². The Labute approximate surface area is 214 Å². The van der Waals surface area contributed by atoms with Gasteiger partial charge >= 0.3 is 24.1 Å². The maximum atomic E-state index is 12.3. The molecule has 14 heteroatoms. The molecule has 11 nitrogen and oxygen atoms in total. The van der Waals surface area contributed by atoms with E-state index in [2.05, 4.69) is 4.90 Å². The van der Waals surface area contributed by atoms with Gasteiger partial charge in [0, 0.05) is 18.0 Å². The fraction of sp³-hybridized carbons (Fsp3) is 0.542. The highest BCUT2D eigenvalue weighted by Crippen LogP contribution is 2.65. The standard InChI is InChI=1S/C22H25NO8.C2HF3O2/c1-23-8-7-21-17-11-3-4-13(29-2)18(17)31-19(21)14(5-6-22(21,28)15(23)9-11)30-16(25)10-12(24)20(26)27;3-2(4,5)1(6)7/h3-5,12,15,19,24,28H,6-10H2,1-2H3,(H,26,27);(H,6,7)/t12?,15-,19+,21+,22-;/m1./s1. The van der Waals surface area contributed by atoms with E-state index >= 15 is 0 Å². The van der Waals surface area contributed by atoms with Crippen molar-refractivity contribution in [3.05, 3.63) is 35.1 Å². The topological polar surface area (TPSA) is 163 Å². The molecule has 1 unspecified atom stereocenters. The van der Waals surface area contributed by atoms with Gasteiger partial charge in [-0.1, -0.05) is 6.07 Å². The summed E-state index contributed by atoms with van der Waals surface area (Å²) in [6.45, 7) is 0.738. The number of aliphatic carboxylic acids is 2. The number of nitrogens with zero attached hydrogens (tertiary/aromatic N) is 1. The van der Waals surface area contributed by atoms with Gasteiger partial charge in [0.25, 0.3) is 0 Å². The summed E-state index contributed by atoms with van der Waals surface area (Å²) >= 11 is 0. The van der Waals surface area contributed by atoms with Crippen LogP contribution in [0.15, 0.2) is 24.0 Å². The number of aliphatic hydroxyl groups is 2. The summed E-state index contributed by atoms with van der Waals surface area (Å²) < 4.78 is 49.1. The third kappa shape index (κ3) is 4.16. The molecule has 4 N–H and O–H groups in total. The quantitative estimate of drug-likeness (QED) is 0.390. The van der Waals surface area contributed by atoms with Crippen LogP contribution in [0.3, 0.4) is 0 Å². The van der Waals surface area contributed by atoms with Gasteiger partial charge in [-0.15, -0.1) is 0 Å². The maximum absolute atomic E-state index is 12.3. The monoisotopic (exact) mass is 545 g/mol. The van der Waals surface area contributed by atoms with Crippen molar-refractivity contribution >= 4 is 17.9 Å². The largest absolute Gasteiger partial charge is 0.493 e. The average Bonchev–Trinajstić information content (AvgIpc) is 3.18. The summed E-state index contributed by atoms with van der Waals surface area (Å²) in [6, 6.07) is 3.73. The molecule has 2 heterocycles. The van der Waals surface area contributed by atoms with Crippen LogP contribution < -0.4 is 9.47 Å². The number of likely N-dealkylation sites (tertiary alicyclic amines) is 1. The summed E-state index contributed by atoms with van der Waals surface area (Å²) in [5.74, 6) is -3.77. The van der Waals surface area contributed by atoms with Crippen LogP contribution in [0.1, 0.15) is 30.4 Å². The third-order valence-electron chi connectivity index (χ3n) is 7.68. The molecule has 1 spiro atoms. The first kappa shape index (κ1) is 27.7. The van der Waals surface area contributed by atoms with Gasteiger partial charge in [0.15, 0.2) is 23.7 Å². The van der Waals surface area contributed by atoms with Crippen molar-refractivity contribution < 1.29 is 62.2 Å². The van der Waals surface area contributed by atoms with Gasteiger partial charge < -0.3 is 39.5 Å². The smallest absolute Gasteiger partial charge is 0.490 e. The molecule has 1 fully saturated rings. The van der Waals surface area contributed by atoms with E-state index in [9.17, 15) is 33.0 Å². The minimum absolute atomic E-state index is 0.124. The van der Waals surface area contributed by atoms with E-state index in [0.717, 1.165) is 17.7 Å². The third-order valence-corrected chi connectivity index (χ3v) is 7.68. The first-order valence-corrected chi connectivity index (χ1v) is 11.6. The van der Waals surface area contributed by atoms with Crippen LogP contribution in [0.5, 0.6) is 11.5 Å². The van der Waals surface area contributed by atoms with E-state index in [1.807, 2.05) is 19.2 Å². The van der Waals surface area contributed by atoms with E-state index in [-0.39, 0.29) is 18.2 Å². The number of halogens is 3. The van der Waals surface area contributed by atoms with Crippen LogP contribution in [-0.4, -0.2) is 94.0 Å². The van der Waals surface area contributed by atoms with Gasteiger partial charge in [0.2, 0.25) is 0 Å². The number of piperidine rings is 1. The molecule has 1 aromatic carbocycles. The predicted molar refractivity (Wildman–Crippen MR) is 120 cm³/mol. The molecule has 208 valence electrons. The number of carbonyl (C=O) groups is 3. The lowest BCUT2D eigenvalue weighted by Gasteiger charge is -2.61. The van der Waals surface area contributed by atoms with Crippen LogP contribution in [-0.2, 0) is 31.0 Å². The molecule has 0 radical (unpaired) electrons. The molecule has 0 saturated carbocycles. The Morgan fingerprint density at radius 2 is 1.92 bits per heavy atom. The second-order valence-corrected chi connectivity index (χ2v) is 9.62. The highest BCUT2D eigenvalue weighted by molar-refractivity contribution is 5.81. The summed E-state index contributed by atoms with van der Waals surface area (Å²) in [4.78, 5) is 34.3. The molecule has 4 aliphatic rings.